The molecule has 8 nitrogen and oxygen atoms in total. The molecule has 0 saturated carbocycles. The smallest absolute Gasteiger partial charge is 0.328 e. The van der Waals surface area contributed by atoms with Crippen LogP contribution in [0.2, 0.25) is 0 Å². The molecule has 2 amide bonds. The van der Waals surface area contributed by atoms with Gasteiger partial charge in [0.2, 0.25) is 11.8 Å². The maximum absolute atomic E-state index is 12.4. The number of likely N-dealkylation sites (tertiary alicyclic amines) is 1. The van der Waals surface area contributed by atoms with Gasteiger partial charge in [-0.2, -0.15) is 0 Å². The van der Waals surface area contributed by atoms with Crippen molar-refractivity contribution < 1.29 is 29.4 Å². The summed E-state index contributed by atoms with van der Waals surface area (Å²) in [6, 6.07) is 0. The zero-order valence-electron chi connectivity index (χ0n) is 13.6. The van der Waals surface area contributed by atoms with Crippen LogP contribution in [0.3, 0.4) is 0 Å². The standard InChI is InChI=1S/C12H18N2O2.C4H4O4/c1-2-14-10(15)7-12(11(14)16)8-13-5-3-9(12)4-6-13;5-3(6)1-2-4(7)8/h9H,2-8H2,1H3;1-2H,(H,5,6)(H,7,8)/b;2-1+. The molecule has 4 aliphatic heterocycles. The number of aliphatic carboxylic acids is 2. The lowest BCUT2D eigenvalue weighted by atomic mass is 9.65. The summed E-state index contributed by atoms with van der Waals surface area (Å²) in [6.45, 7) is 5.46. The Balaban J connectivity index is 0.000000224. The first-order chi connectivity index (χ1) is 11.3. The highest BCUT2D eigenvalue weighted by molar-refractivity contribution is 6.06. The molecule has 0 aromatic heterocycles. The number of carbonyl (C=O) groups excluding carboxylic acids is 2. The van der Waals surface area contributed by atoms with Crippen LogP contribution in [-0.2, 0) is 19.2 Å². The molecule has 4 aliphatic rings. The van der Waals surface area contributed by atoms with Crippen LogP contribution in [0.15, 0.2) is 12.2 Å². The van der Waals surface area contributed by atoms with Crippen molar-refractivity contribution in [1.82, 2.24) is 9.80 Å². The number of hydrogen-bond acceptors (Lipinski definition) is 5. The second-order valence-electron chi connectivity index (χ2n) is 6.34. The van der Waals surface area contributed by atoms with E-state index < -0.39 is 11.9 Å². The summed E-state index contributed by atoms with van der Waals surface area (Å²) >= 11 is 0. The van der Waals surface area contributed by atoms with E-state index in [-0.39, 0.29) is 17.2 Å². The highest BCUT2D eigenvalue weighted by atomic mass is 16.4. The Labute approximate surface area is 139 Å². The summed E-state index contributed by atoms with van der Waals surface area (Å²) in [4.78, 5) is 47.2. The third kappa shape index (κ3) is 3.48. The molecule has 1 spiro atoms. The number of carboxylic acids is 2. The van der Waals surface area contributed by atoms with Crippen molar-refractivity contribution in [3.8, 4) is 0 Å². The Morgan fingerprint density at radius 2 is 1.71 bits per heavy atom. The molecule has 4 saturated heterocycles. The molecule has 4 rings (SSSR count). The Bertz CT molecular complexity index is 563. The fourth-order valence-corrected chi connectivity index (χ4v) is 3.90. The first kappa shape index (κ1) is 18.1. The maximum atomic E-state index is 12.4. The molecule has 2 bridgehead atoms. The summed E-state index contributed by atoms with van der Waals surface area (Å²) in [6.07, 6.45) is 3.76. The Morgan fingerprint density at radius 3 is 2.04 bits per heavy atom. The predicted octanol–water partition coefficient (Wildman–Crippen LogP) is 0.189. The molecule has 132 valence electrons. The van der Waals surface area contributed by atoms with Crippen LogP contribution in [0.1, 0.15) is 26.2 Å². The van der Waals surface area contributed by atoms with Gasteiger partial charge in [-0.05, 0) is 38.8 Å². The van der Waals surface area contributed by atoms with Gasteiger partial charge >= 0.3 is 11.9 Å². The number of imide groups is 1. The summed E-state index contributed by atoms with van der Waals surface area (Å²) in [5.74, 6) is -1.92. The molecule has 0 radical (unpaired) electrons. The normalized spacial score (nSPS) is 31.5. The average Bonchev–Trinajstić information content (AvgIpc) is 2.77. The minimum absolute atomic E-state index is 0.0428. The van der Waals surface area contributed by atoms with Crippen molar-refractivity contribution in [2.45, 2.75) is 26.2 Å². The number of rotatable bonds is 3. The van der Waals surface area contributed by atoms with Crippen molar-refractivity contribution in [2.24, 2.45) is 11.3 Å². The molecular formula is C16H22N2O6. The summed E-state index contributed by atoms with van der Waals surface area (Å²) in [5.41, 5.74) is -0.344. The van der Waals surface area contributed by atoms with E-state index in [9.17, 15) is 19.2 Å². The first-order valence-electron chi connectivity index (χ1n) is 8.01. The third-order valence-electron chi connectivity index (χ3n) is 5.00. The zero-order valence-corrected chi connectivity index (χ0v) is 13.6. The highest BCUT2D eigenvalue weighted by Crippen LogP contribution is 2.49. The second-order valence-corrected chi connectivity index (χ2v) is 6.34. The van der Waals surface area contributed by atoms with Gasteiger partial charge in [-0.1, -0.05) is 0 Å². The van der Waals surface area contributed by atoms with E-state index >= 15 is 0 Å². The molecule has 1 unspecified atom stereocenters. The van der Waals surface area contributed by atoms with Crippen LogP contribution in [0.25, 0.3) is 0 Å². The molecule has 4 fully saturated rings. The highest BCUT2D eigenvalue weighted by Gasteiger charge is 2.58. The summed E-state index contributed by atoms with van der Waals surface area (Å²) in [7, 11) is 0. The van der Waals surface area contributed by atoms with E-state index in [2.05, 4.69) is 4.90 Å². The van der Waals surface area contributed by atoms with Crippen LogP contribution in [0.4, 0.5) is 0 Å². The molecule has 24 heavy (non-hydrogen) atoms. The van der Waals surface area contributed by atoms with E-state index in [0.717, 1.165) is 32.5 Å². The van der Waals surface area contributed by atoms with Gasteiger partial charge in [0.25, 0.3) is 0 Å². The fourth-order valence-electron chi connectivity index (χ4n) is 3.90. The quantitative estimate of drug-likeness (QED) is 0.557. The van der Waals surface area contributed by atoms with Gasteiger partial charge in [0, 0.05) is 31.7 Å². The second kappa shape index (κ2) is 7.12. The summed E-state index contributed by atoms with van der Waals surface area (Å²) in [5, 5.41) is 15.6. The van der Waals surface area contributed by atoms with E-state index in [1.165, 1.54) is 4.90 Å². The van der Waals surface area contributed by atoms with Crippen molar-refractivity contribution >= 4 is 23.8 Å². The molecule has 4 heterocycles. The van der Waals surface area contributed by atoms with Crippen LogP contribution in [0, 0.1) is 11.3 Å². The number of fused-ring (bicyclic) bond motifs is 2. The van der Waals surface area contributed by atoms with Crippen LogP contribution < -0.4 is 0 Å². The van der Waals surface area contributed by atoms with Gasteiger partial charge in [-0.3, -0.25) is 14.5 Å². The van der Waals surface area contributed by atoms with Crippen LogP contribution in [0.5, 0.6) is 0 Å². The van der Waals surface area contributed by atoms with Crippen molar-refractivity contribution in [3.05, 3.63) is 12.2 Å². The molecule has 2 N–H and O–H groups in total. The lowest BCUT2D eigenvalue weighted by molar-refractivity contribution is -0.147. The monoisotopic (exact) mass is 338 g/mol. The fraction of sp³-hybridized carbons (Fsp3) is 0.625. The average molecular weight is 338 g/mol. The van der Waals surface area contributed by atoms with Gasteiger partial charge < -0.3 is 15.1 Å². The zero-order chi connectivity index (χ0) is 17.9. The number of carbonyl (C=O) groups is 4. The maximum Gasteiger partial charge on any atom is 0.328 e. The minimum atomic E-state index is -1.26. The number of nitrogens with zero attached hydrogens (tertiary/aromatic N) is 2. The first-order valence-corrected chi connectivity index (χ1v) is 8.01. The number of amides is 2. The topological polar surface area (TPSA) is 115 Å². The van der Waals surface area contributed by atoms with Crippen LogP contribution >= 0.6 is 0 Å². The Morgan fingerprint density at radius 1 is 1.17 bits per heavy atom. The minimum Gasteiger partial charge on any atom is -0.478 e. The Kier molecular flexibility index (Phi) is 5.38. The van der Waals surface area contributed by atoms with Crippen LogP contribution in [-0.4, -0.2) is 69.9 Å². The number of hydrogen-bond donors (Lipinski definition) is 2. The molecule has 1 atom stereocenters. The lowest BCUT2D eigenvalue weighted by Crippen LogP contribution is -2.57. The molecule has 0 aromatic carbocycles. The number of carboxylic acid groups (broad SMARTS) is 2. The van der Waals surface area contributed by atoms with Gasteiger partial charge in [-0.15, -0.1) is 0 Å². The third-order valence-corrected chi connectivity index (χ3v) is 5.00. The van der Waals surface area contributed by atoms with Gasteiger partial charge in [-0.25, -0.2) is 9.59 Å². The van der Waals surface area contributed by atoms with E-state index in [1.54, 1.807) is 0 Å². The number of piperidine rings is 3. The summed E-state index contributed by atoms with van der Waals surface area (Å²) < 4.78 is 0. The molecular weight excluding hydrogens is 316 g/mol. The van der Waals surface area contributed by atoms with E-state index in [4.69, 9.17) is 10.2 Å². The van der Waals surface area contributed by atoms with Gasteiger partial charge in [0.1, 0.15) is 0 Å². The predicted molar refractivity (Wildman–Crippen MR) is 83.0 cm³/mol. The van der Waals surface area contributed by atoms with Crippen molar-refractivity contribution in [3.63, 3.8) is 0 Å². The Hall–Kier alpha value is -2.22. The molecule has 8 heteroatoms. The lowest BCUT2D eigenvalue weighted by Gasteiger charge is -2.49. The van der Waals surface area contributed by atoms with Gasteiger partial charge in [0.15, 0.2) is 0 Å². The van der Waals surface area contributed by atoms with E-state index in [1.807, 2.05) is 6.92 Å². The largest absolute Gasteiger partial charge is 0.478 e. The van der Waals surface area contributed by atoms with Gasteiger partial charge in [0.05, 0.1) is 5.41 Å². The molecule has 0 aromatic rings. The van der Waals surface area contributed by atoms with Crippen molar-refractivity contribution in [1.29, 1.82) is 0 Å². The SMILES string of the molecule is CCN1C(=O)CC2(CN3CCC2CC3)C1=O.O=C(O)/C=C/C(=O)O. The van der Waals surface area contributed by atoms with Crippen molar-refractivity contribution in [2.75, 3.05) is 26.2 Å². The van der Waals surface area contributed by atoms with E-state index in [0.29, 0.717) is 31.0 Å². The molecule has 0 aliphatic carbocycles.